The zero-order valence-corrected chi connectivity index (χ0v) is 10.6. The second-order valence-corrected chi connectivity index (χ2v) is 4.09. The summed E-state index contributed by atoms with van der Waals surface area (Å²) in [5.41, 5.74) is 2.06. The lowest BCUT2D eigenvalue weighted by molar-refractivity contribution is 0.291. The molecular formula is C12H14ClN3O. The zero-order chi connectivity index (χ0) is 12.3. The van der Waals surface area contributed by atoms with E-state index in [1.165, 1.54) is 0 Å². The minimum Gasteiger partial charge on any atom is -0.486 e. The zero-order valence-electron chi connectivity index (χ0n) is 9.85. The summed E-state index contributed by atoms with van der Waals surface area (Å²) in [4.78, 5) is 3.96. The van der Waals surface area contributed by atoms with Gasteiger partial charge in [0.2, 0.25) is 0 Å². The lowest BCUT2D eigenvalue weighted by Gasteiger charge is -2.07. The van der Waals surface area contributed by atoms with Gasteiger partial charge < -0.3 is 4.74 Å². The molecule has 0 aliphatic rings. The molecule has 0 saturated carbocycles. The van der Waals surface area contributed by atoms with E-state index in [9.17, 15) is 0 Å². The average Bonchev–Trinajstić information content (AvgIpc) is 2.69. The van der Waals surface area contributed by atoms with Gasteiger partial charge in [0.25, 0.3) is 0 Å². The molecule has 0 unspecified atom stereocenters. The molecule has 2 aromatic heterocycles. The van der Waals surface area contributed by atoms with E-state index in [0.29, 0.717) is 17.5 Å². The first-order valence-electron chi connectivity index (χ1n) is 5.46. The number of hydrogen-bond donors (Lipinski definition) is 0. The first kappa shape index (κ1) is 11.9. The topological polar surface area (TPSA) is 39.9 Å². The van der Waals surface area contributed by atoms with Gasteiger partial charge in [-0.25, -0.2) is 4.98 Å². The molecule has 0 bridgehead atoms. The number of nitrogens with zero attached hydrogens (tertiary/aromatic N) is 3. The van der Waals surface area contributed by atoms with Crippen LogP contribution in [0.1, 0.15) is 18.3 Å². The first-order chi connectivity index (χ1) is 8.19. The van der Waals surface area contributed by atoms with Gasteiger partial charge in [-0.3, -0.25) is 4.68 Å². The third-order valence-corrected chi connectivity index (χ3v) is 2.60. The smallest absolute Gasteiger partial charge is 0.138 e. The predicted molar refractivity (Wildman–Crippen MR) is 66.2 cm³/mol. The molecule has 0 N–H and O–H groups in total. The van der Waals surface area contributed by atoms with E-state index in [-0.39, 0.29) is 0 Å². The van der Waals surface area contributed by atoms with Gasteiger partial charge in [0.05, 0.1) is 17.6 Å². The van der Waals surface area contributed by atoms with Gasteiger partial charge in [-0.1, -0.05) is 11.6 Å². The van der Waals surface area contributed by atoms with Crippen molar-refractivity contribution in [1.82, 2.24) is 14.8 Å². The highest BCUT2D eigenvalue weighted by Gasteiger charge is 2.04. The fourth-order valence-corrected chi connectivity index (χ4v) is 1.71. The minimum atomic E-state index is 0.465. The SMILES string of the molecule is CCn1nc(C)cc1COc1ccc(Cl)nc1. The van der Waals surface area contributed by atoms with Crippen molar-refractivity contribution in [3.63, 3.8) is 0 Å². The van der Waals surface area contributed by atoms with Crippen LogP contribution in [0.25, 0.3) is 0 Å². The largest absolute Gasteiger partial charge is 0.486 e. The fraction of sp³-hybridized carbons (Fsp3) is 0.333. The number of hydrogen-bond acceptors (Lipinski definition) is 3. The summed E-state index contributed by atoms with van der Waals surface area (Å²) >= 11 is 5.70. The fourth-order valence-electron chi connectivity index (χ4n) is 1.59. The average molecular weight is 252 g/mol. The van der Waals surface area contributed by atoms with Crippen LogP contribution < -0.4 is 4.74 Å². The van der Waals surface area contributed by atoms with Gasteiger partial charge in [-0.15, -0.1) is 0 Å². The summed E-state index contributed by atoms with van der Waals surface area (Å²) in [7, 11) is 0. The Balaban J connectivity index is 2.04. The van der Waals surface area contributed by atoms with Crippen molar-refractivity contribution in [3.8, 4) is 5.75 Å². The highest BCUT2D eigenvalue weighted by Crippen LogP contribution is 2.14. The molecule has 90 valence electrons. The molecule has 5 heteroatoms. The molecule has 0 aliphatic carbocycles. The van der Waals surface area contributed by atoms with Crippen molar-refractivity contribution in [1.29, 1.82) is 0 Å². The molecule has 2 rings (SSSR count). The molecule has 2 aromatic rings. The van der Waals surface area contributed by atoms with E-state index in [1.54, 1.807) is 18.3 Å². The Labute approximate surface area is 105 Å². The summed E-state index contributed by atoms with van der Waals surface area (Å²) in [5.74, 6) is 0.705. The van der Waals surface area contributed by atoms with Crippen molar-refractivity contribution in [3.05, 3.63) is 40.9 Å². The van der Waals surface area contributed by atoms with Crippen LogP contribution in [0.2, 0.25) is 5.15 Å². The standard InChI is InChI=1S/C12H14ClN3O/c1-3-16-10(6-9(2)15-16)8-17-11-4-5-12(13)14-7-11/h4-7H,3,8H2,1-2H3. The molecule has 17 heavy (non-hydrogen) atoms. The van der Waals surface area contributed by atoms with Crippen molar-refractivity contribution in [2.24, 2.45) is 0 Å². The molecule has 0 amide bonds. The van der Waals surface area contributed by atoms with E-state index >= 15 is 0 Å². The monoisotopic (exact) mass is 251 g/mol. The van der Waals surface area contributed by atoms with Crippen LogP contribution in [0.15, 0.2) is 24.4 Å². The quantitative estimate of drug-likeness (QED) is 0.785. The maximum absolute atomic E-state index is 5.70. The lowest BCUT2D eigenvalue weighted by Crippen LogP contribution is -2.06. The molecule has 0 aliphatic heterocycles. The Morgan fingerprint density at radius 2 is 2.24 bits per heavy atom. The molecule has 0 saturated heterocycles. The van der Waals surface area contributed by atoms with Crippen molar-refractivity contribution in [2.45, 2.75) is 27.0 Å². The van der Waals surface area contributed by atoms with Gasteiger partial charge in [0.1, 0.15) is 17.5 Å². The Kier molecular flexibility index (Phi) is 3.64. The molecule has 0 radical (unpaired) electrons. The number of aromatic nitrogens is 3. The summed E-state index contributed by atoms with van der Waals surface area (Å²) in [5, 5.41) is 4.82. The first-order valence-corrected chi connectivity index (χ1v) is 5.84. The molecule has 0 atom stereocenters. The van der Waals surface area contributed by atoms with Crippen LogP contribution in [0, 0.1) is 6.92 Å². The van der Waals surface area contributed by atoms with Crippen LogP contribution in [-0.4, -0.2) is 14.8 Å². The Morgan fingerprint density at radius 1 is 1.41 bits per heavy atom. The summed E-state index contributed by atoms with van der Waals surface area (Å²) < 4.78 is 7.55. The number of halogens is 1. The molecule has 0 aromatic carbocycles. The van der Waals surface area contributed by atoms with E-state index in [4.69, 9.17) is 16.3 Å². The Hall–Kier alpha value is -1.55. The van der Waals surface area contributed by atoms with Crippen LogP contribution in [-0.2, 0) is 13.2 Å². The van der Waals surface area contributed by atoms with Crippen LogP contribution in [0.3, 0.4) is 0 Å². The Bertz CT molecular complexity index is 493. The second kappa shape index (κ2) is 5.19. The normalized spacial score (nSPS) is 10.5. The summed E-state index contributed by atoms with van der Waals surface area (Å²) in [6, 6.07) is 5.53. The van der Waals surface area contributed by atoms with Crippen LogP contribution >= 0.6 is 11.6 Å². The molecule has 0 fully saturated rings. The number of rotatable bonds is 4. The van der Waals surface area contributed by atoms with E-state index in [1.807, 2.05) is 17.7 Å². The predicted octanol–water partition coefficient (Wildman–Crippen LogP) is 2.84. The number of aryl methyl sites for hydroxylation is 2. The van der Waals surface area contributed by atoms with E-state index < -0.39 is 0 Å². The molecule has 4 nitrogen and oxygen atoms in total. The van der Waals surface area contributed by atoms with Crippen LogP contribution in [0.5, 0.6) is 5.75 Å². The third-order valence-electron chi connectivity index (χ3n) is 2.37. The van der Waals surface area contributed by atoms with Gasteiger partial charge in [0, 0.05) is 6.54 Å². The number of ether oxygens (including phenoxy) is 1. The summed E-state index contributed by atoms with van der Waals surface area (Å²) in [6.07, 6.45) is 1.61. The summed E-state index contributed by atoms with van der Waals surface area (Å²) in [6.45, 7) is 5.35. The highest BCUT2D eigenvalue weighted by molar-refractivity contribution is 6.29. The van der Waals surface area contributed by atoms with Gasteiger partial charge >= 0.3 is 0 Å². The highest BCUT2D eigenvalue weighted by atomic mass is 35.5. The number of pyridine rings is 1. The maximum Gasteiger partial charge on any atom is 0.138 e. The van der Waals surface area contributed by atoms with Crippen LogP contribution in [0.4, 0.5) is 0 Å². The molecule has 0 spiro atoms. The molecule has 2 heterocycles. The minimum absolute atomic E-state index is 0.465. The lowest BCUT2D eigenvalue weighted by atomic mass is 10.4. The molecular weight excluding hydrogens is 238 g/mol. The maximum atomic E-state index is 5.70. The van der Waals surface area contributed by atoms with E-state index in [0.717, 1.165) is 17.9 Å². The van der Waals surface area contributed by atoms with Gasteiger partial charge in [0.15, 0.2) is 0 Å². The van der Waals surface area contributed by atoms with Crippen molar-refractivity contribution < 1.29 is 4.74 Å². The Morgan fingerprint density at radius 3 is 2.88 bits per heavy atom. The second-order valence-electron chi connectivity index (χ2n) is 3.70. The van der Waals surface area contributed by atoms with Crippen molar-refractivity contribution in [2.75, 3.05) is 0 Å². The van der Waals surface area contributed by atoms with Gasteiger partial charge in [-0.05, 0) is 32.0 Å². The van der Waals surface area contributed by atoms with Crippen molar-refractivity contribution >= 4 is 11.6 Å². The van der Waals surface area contributed by atoms with E-state index in [2.05, 4.69) is 17.0 Å². The van der Waals surface area contributed by atoms with Gasteiger partial charge in [-0.2, -0.15) is 5.10 Å². The third kappa shape index (κ3) is 2.97.